The third-order valence-electron chi connectivity index (χ3n) is 2.68. The van der Waals surface area contributed by atoms with E-state index in [1.807, 2.05) is 0 Å². The molecule has 8 nitrogen and oxygen atoms in total. The normalized spacial score (nSPS) is 9.95. The largest absolute Gasteiger partial charge is 0.490 e. The lowest BCUT2D eigenvalue weighted by Crippen LogP contribution is -2.12. The number of aromatic nitrogens is 1. The zero-order valence-electron chi connectivity index (χ0n) is 11.1. The summed E-state index contributed by atoms with van der Waals surface area (Å²) in [5.41, 5.74) is 5.85. The summed E-state index contributed by atoms with van der Waals surface area (Å²) in [4.78, 5) is 26.1. The third kappa shape index (κ3) is 3.24. The van der Waals surface area contributed by atoms with Crippen molar-refractivity contribution in [2.24, 2.45) is 0 Å². The summed E-state index contributed by atoms with van der Waals surface area (Å²) in [5.74, 6) is -0.113. The molecule has 1 aromatic heterocycles. The van der Waals surface area contributed by atoms with Crippen molar-refractivity contribution in [3.8, 4) is 5.75 Å². The smallest absolute Gasteiger partial charge is 0.312 e. The highest BCUT2D eigenvalue weighted by molar-refractivity contribution is 6.04. The average Bonchev–Trinajstić information content (AvgIpc) is 2.47. The summed E-state index contributed by atoms with van der Waals surface area (Å²) in [5, 5.41) is 13.5. The summed E-state index contributed by atoms with van der Waals surface area (Å²) in [7, 11) is 1.33. The van der Waals surface area contributed by atoms with Crippen LogP contribution in [0, 0.1) is 10.1 Å². The number of benzene rings is 1. The zero-order valence-corrected chi connectivity index (χ0v) is 11.1. The Bertz CT molecular complexity index is 702. The molecule has 1 heterocycles. The van der Waals surface area contributed by atoms with Crippen molar-refractivity contribution in [3.05, 3.63) is 52.2 Å². The first-order valence-electron chi connectivity index (χ1n) is 5.86. The van der Waals surface area contributed by atoms with Gasteiger partial charge in [-0.15, -0.1) is 0 Å². The minimum atomic E-state index is -0.584. The number of carbonyl (C=O) groups is 1. The average molecular weight is 288 g/mol. The van der Waals surface area contributed by atoms with E-state index in [1.165, 1.54) is 43.6 Å². The molecule has 0 bridgehead atoms. The second kappa shape index (κ2) is 5.87. The lowest BCUT2D eigenvalue weighted by molar-refractivity contribution is -0.385. The van der Waals surface area contributed by atoms with Crippen molar-refractivity contribution in [2.75, 3.05) is 18.2 Å². The number of rotatable bonds is 4. The van der Waals surface area contributed by atoms with Crippen LogP contribution in [0.3, 0.4) is 0 Å². The molecule has 0 fully saturated rings. The minimum Gasteiger partial charge on any atom is -0.490 e. The van der Waals surface area contributed by atoms with Gasteiger partial charge in [0.1, 0.15) is 5.82 Å². The van der Waals surface area contributed by atoms with Crippen LogP contribution < -0.4 is 15.8 Å². The van der Waals surface area contributed by atoms with Crippen molar-refractivity contribution in [1.82, 2.24) is 4.98 Å². The van der Waals surface area contributed by atoms with Crippen molar-refractivity contribution < 1.29 is 14.5 Å². The first-order chi connectivity index (χ1) is 10.0. The first-order valence-corrected chi connectivity index (χ1v) is 5.86. The molecule has 0 aliphatic carbocycles. The van der Waals surface area contributed by atoms with Crippen molar-refractivity contribution in [2.45, 2.75) is 0 Å². The highest BCUT2D eigenvalue weighted by atomic mass is 16.6. The molecule has 1 aromatic carbocycles. The Balaban J connectivity index is 2.25. The Hall–Kier alpha value is -3.16. The number of nitrogen functional groups attached to an aromatic ring is 1. The second-order valence-electron chi connectivity index (χ2n) is 4.07. The van der Waals surface area contributed by atoms with E-state index in [9.17, 15) is 14.9 Å². The Morgan fingerprint density at radius 2 is 2.14 bits per heavy atom. The number of nitrogens with two attached hydrogens (primary N) is 1. The molecule has 0 spiro atoms. The van der Waals surface area contributed by atoms with Gasteiger partial charge in [0.15, 0.2) is 5.75 Å². The van der Waals surface area contributed by atoms with Crippen LogP contribution in [0.15, 0.2) is 36.5 Å². The van der Waals surface area contributed by atoms with Crippen molar-refractivity contribution in [1.29, 1.82) is 0 Å². The molecular weight excluding hydrogens is 276 g/mol. The van der Waals surface area contributed by atoms with E-state index < -0.39 is 10.8 Å². The maximum Gasteiger partial charge on any atom is 0.312 e. The van der Waals surface area contributed by atoms with Gasteiger partial charge in [0.2, 0.25) is 0 Å². The van der Waals surface area contributed by atoms with Gasteiger partial charge in [0.05, 0.1) is 12.0 Å². The molecule has 108 valence electrons. The van der Waals surface area contributed by atoms with Gasteiger partial charge in [0.25, 0.3) is 5.91 Å². The summed E-state index contributed by atoms with van der Waals surface area (Å²) >= 11 is 0. The molecule has 0 saturated heterocycles. The number of ether oxygens (including phenoxy) is 1. The minimum absolute atomic E-state index is 0.117. The Morgan fingerprint density at radius 1 is 1.38 bits per heavy atom. The maximum absolute atomic E-state index is 12.0. The summed E-state index contributed by atoms with van der Waals surface area (Å²) in [6.45, 7) is 0. The number of nitro groups is 1. The van der Waals surface area contributed by atoms with Gasteiger partial charge < -0.3 is 15.8 Å². The van der Waals surface area contributed by atoms with Crippen LogP contribution in [0.25, 0.3) is 0 Å². The van der Waals surface area contributed by atoms with Crippen LogP contribution in [0.1, 0.15) is 10.4 Å². The van der Waals surface area contributed by atoms with Gasteiger partial charge in [0, 0.05) is 23.5 Å². The Labute approximate surface area is 119 Å². The predicted octanol–water partition coefficient (Wildman–Crippen LogP) is 1.83. The summed E-state index contributed by atoms with van der Waals surface area (Å²) < 4.78 is 4.89. The van der Waals surface area contributed by atoms with Gasteiger partial charge >= 0.3 is 5.69 Å². The number of pyridine rings is 1. The summed E-state index contributed by atoms with van der Waals surface area (Å²) in [6, 6.07) is 7.04. The SMILES string of the molecule is COc1ccc(NC(=O)c2ccnc(N)c2)cc1[N+](=O)[O-]. The number of nitrogens with one attached hydrogen (secondary N) is 1. The van der Waals surface area contributed by atoms with E-state index in [0.717, 1.165) is 0 Å². The number of amides is 1. The van der Waals surface area contributed by atoms with Gasteiger partial charge in [-0.25, -0.2) is 4.98 Å². The highest BCUT2D eigenvalue weighted by Gasteiger charge is 2.16. The molecule has 0 aliphatic rings. The lowest BCUT2D eigenvalue weighted by Gasteiger charge is -2.07. The molecule has 0 atom stereocenters. The van der Waals surface area contributed by atoms with E-state index in [1.54, 1.807) is 0 Å². The van der Waals surface area contributed by atoms with Crippen molar-refractivity contribution in [3.63, 3.8) is 0 Å². The molecule has 21 heavy (non-hydrogen) atoms. The molecule has 3 N–H and O–H groups in total. The summed E-state index contributed by atoms with van der Waals surface area (Å²) in [6.07, 6.45) is 1.40. The van der Waals surface area contributed by atoms with E-state index in [2.05, 4.69) is 10.3 Å². The van der Waals surface area contributed by atoms with Gasteiger partial charge in [-0.3, -0.25) is 14.9 Å². The number of hydrogen-bond acceptors (Lipinski definition) is 6. The standard InChI is InChI=1S/C13H12N4O4/c1-21-11-3-2-9(7-10(11)17(19)20)16-13(18)8-4-5-15-12(14)6-8/h2-7H,1H3,(H2,14,15)(H,16,18). The fourth-order valence-electron chi connectivity index (χ4n) is 1.70. The monoisotopic (exact) mass is 288 g/mol. The number of nitro benzene ring substituents is 1. The van der Waals surface area contributed by atoms with Crippen LogP contribution in [-0.2, 0) is 0 Å². The number of carbonyl (C=O) groups excluding carboxylic acids is 1. The van der Waals surface area contributed by atoms with Crippen molar-refractivity contribution >= 4 is 23.1 Å². The molecule has 2 aromatic rings. The maximum atomic E-state index is 12.0. The Morgan fingerprint density at radius 3 is 2.76 bits per heavy atom. The lowest BCUT2D eigenvalue weighted by atomic mass is 10.2. The molecule has 8 heteroatoms. The quantitative estimate of drug-likeness (QED) is 0.654. The first kappa shape index (κ1) is 14.3. The van der Waals surface area contributed by atoms with E-state index in [0.29, 0.717) is 5.56 Å². The van der Waals surface area contributed by atoms with Gasteiger partial charge in [-0.1, -0.05) is 0 Å². The molecule has 1 amide bonds. The van der Waals surface area contributed by atoms with Crippen LogP contribution in [-0.4, -0.2) is 22.9 Å². The van der Waals surface area contributed by atoms with Crippen LogP contribution in [0.5, 0.6) is 5.75 Å². The fraction of sp³-hybridized carbons (Fsp3) is 0.0769. The van der Waals surface area contributed by atoms with E-state index in [4.69, 9.17) is 10.5 Å². The van der Waals surface area contributed by atoms with Crippen LogP contribution in [0.2, 0.25) is 0 Å². The third-order valence-corrected chi connectivity index (χ3v) is 2.68. The van der Waals surface area contributed by atoms with Crippen LogP contribution in [0.4, 0.5) is 17.2 Å². The number of anilines is 2. The highest BCUT2D eigenvalue weighted by Crippen LogP contribution is 2.29. The molecular formula is C13H12N4O4. The second-order valence-corrected chi connectivity index (χ2v) is 4.07. The van der Waals surface area contributed by atoms with E-state index in [-0.39, 0.29) is 22.9 Å². The molecule has 0 aliphatic heterocycles. The number of hydrogen-bond donors (Lipinski definition) is 2. The Kier molecular flexibility index (Phi) is 3.98. The number of methoxy groups -OCH3 is 1. The topological polar surface area (TPSA) is 120 Å². The molecule has 0 radical (unpaired) electrons. The molecule has 2 rings (SSSR count). The number of nitrogens with zero attached hydrogens (tertiary/aromatic N) is 2. The zero-order chi connectivity index (χ0) is 15.4. The molecule has 0 unspecified atom stereocenters. The van der Waals surface area contributed by atoms with Gasteiger partial charge in [-0.05, 0) is 24.3 Å². The van der Waals surface area contributed by atoms with Gasteiger partial charge in [-0.2, -0.15) is 0 Å². The van der Waals surface area contributed by atoms with Crippen LogP contribution >= 0.6 is 0 Å². The molecule has 0 saturated carbocycles. The predicted molar refractivity (Wildman–Crippen MR) is 76.3 cm³/mol. The fourth-order valence-corrected chi connectivity index (χ4v) is 1.70. The van der Waals surface area contributed by atoms with E-state index >= 15 is 0 Å².